The number of aliphatic imine (C=N–C) groups is 1. The lowest BCUT2D eigenvalue weighted by atomic mass is 9.97. The number of hydrogen-bond donors (Lipinski definition) is 3. The van der Waals surface area contributed by atoms with Crippen molar-refractivity contribution in [3.05, 3.63) is 65.0 Å². The number of allylic oxidation sites excluding steroid dienone is 1. The van der Waals surface area contributed by atoms with E-state index in [1.807, 2.05) is 0 Å². The van der Waals surface area contributed by atoms with Crippen molar-refractivity contribution in [1.82, 2.24) is 29.5 Å². The van der Waals surface area contributed by atoms with Gasteiger partial charge in [-0.2, -0.15) is 5.10 Å². The normalized spacial score (nSPS) is 18.1. The molecular weight excluding hydrogens is 591 g/mol. The first kappa shape index (κ1) is 31.1. The van der Waals surface area contributed by atoms with E-state index in [0.29, 0.717) is 54.0 Å². The van der Waals surface area contributed by atoms with Crippen molar-refractivity contribution < 1.29 is 19.1 Å². The molecule has 14 heteroatoms. The average Bonchev–Trinajstić information content (AvgIpc) is 3.40. The molecule has 0 unspecified atom stereocenters. The van der Waals surface area contributed by atoms with E-state index in [1.54, 1.807) is 37.2 Å². The zero-order chi connectivity index (χ0) is 32.4. The number of nitrogens with one attached hydrogen (secondary N) is 1. The standard InChI is InChI=1S/C32H39FN10O3/c1-20(44)41-10-7-29-26(19-41)30(38-28-4-3-22(11-27(28)33)23(12-34)13-35-2)39-43(29)25-5-8-40(9-6-25)16-21-17-42(18-21)32-36-14-24(15-37-32)31(45)46/h3-4,11-15,21,25H,5-10,16-19,34H2,1-2H3,(H,38,39)(H,45,46)/b23-12+,35-13?. The summed E-state index contributed by atoms with van der Waals surface area (Å²) in [6.45, 7) is 7.17. The third kappa shape index (κ3) is 6.43. The van der Waals surface area contributed by atoms with Gasteiger partial charge in [-0.05, 0) is 30.5 Å². The number of benzene rings is 1. The molecule has 2 aromatic heterocycles. The topological polar surface area (TPSA) is 158 Å². The van der Waals surface area contributed by atoms with Gasteiger partial charge < -0.3 is 30.9 Å². The van der Waals surface area contributed by atoms with Crippen LogP contribution in [-0.4, -0.2) is 99.1 Å². The number of likely N-dealkylation sites (tertiary alicyclic amines) is 1. The molecule has 1 amide bonds. The van der Waals surface area contributed by atoms with Gasteiger partial charge in [0, 0.05) is 107 Å². The first-order valence-corrected chi connectivity index (χ1v) is 15.5. The highest BCUT2D eigenvalue weighted by Gasteiger charge is 2.34. The van der Waals surface area contributed by atoms with E-state index in [0.717, 1.165) is 56.8 Å². The number of carboxylic acids is 1. The highest BCUT2D eigenvalue weighted by Crippen LogP contribution is 2.35. The van der Waals surface area contributed by atoms with Gasteiger partial charge in [0.1, 0.15) is 5.82 Å². The molecule has 2 fully saturated rings. The molecule has 0 atom stereocenters. The van der Waals surface area contributed by atoms with Crippen LogP contribution in [0, 0.1) is 11.7 Å². The zero-order valence-corrected chi connectivity index (χ0v) is 26.1. The Bertz CT molecular complexity index is 1660. The number of aromatic carboxylic acids is 1. The van der Waals surface area contributed by atoms with Gasteiger partial charge in [-0.15, -0.1) is 0 Å². The van der Waals surface area contributed by atoms with Crippen LogP contribution in [0.1, 0.15) is 53.0 Å². The molecule has 46 heavy (non-hydrogen) atoms. The summed E-state index contributed by atoms with van der Waals surface area (Å²) in [6.07, 6.45) is 8.26. The van der Waals surface area contributed by atoms with E-state index >= 15 is 4.39 Å². The maximum atomic E-state index is 15.3. The second-order valence-corrected chi connectivity index (χ2v) is 12.1. The van der Waals surface area contributed by atoms with Crippen molar-refractivity contribution >= 4 is 41.1 Å². The van der Waals surface area contributed by atoms with E-state index in [9.17, 15) is 9.59 Å². The fourth-order valence-electron chi connectivity index (χ4n) is 6.55. The summed E-state index contributed by atoms with van der Waals surface area (Å²) in [5.41, 5.74) is 9.37. The predicted molar refractivity (Wildman–Crippen MR) is 173 cm³/mol. The second kappa shape index (κ2) is 13.3. The van der Waals surface area contributed by atoms with Crippen LogP contribution in [0.15, 0.2) is 41.8 Å². The Morgan fingerprint density at radius 3 is 2.52 bits per heavy atom. The van der Waals surface area contributed by atoms with Crippen molar-refractivity contribution in [3.8, 4) is 0 Å². The molecule has 6 rings (SSSR count). The number of hydrogen-bond acceptors (Lipinski definition) is 10. The molecule has 0 saturated carbocycles. The summed E-state index contributed by atoms with van der Waals surface area (Å²) < 4.78 is 17.4. The Balaban J connectivity index is 1.11. The molecule has 0 radical (unpaired) electrons. The molecule has 3 aliphatic heterocycles. The quantitative estimate of drug-likeness (QED) is 0.300. The van der Waals surface area contributed by atoms with Crippen LogP contribution >= 0.6 is 0 Å². The van der Waals surface area contributed by atoms with Gasteiger partial charge in [0.05, 0.1) is 23.8 Å². The lowest BCUT2D eigenvalue weighted by Gasteiger charge is -2.43. The van der Waals surface area contributed by atoms with Crippen LogP contribution in [-0.2, 0) is 17.8 Å². The second-order valence-electron chi connectivity index (χ2n) is 12.1. The number of carbonyl (C=O) groups excluding carboxylic acids is 1. The molecule has 0 bridgehead atoms. The lowest BCUT2D eigenvalue weighted by Crippen LogP contribution is -2.53. The molecular formula is C32H39FN10O3. The van der Waals surface area contributed by atoms with Gasteiger partial charge in [0.25, 0.3) is 0 Å². The van der Waals surface area contributed by atoms with E-state index in [2.05, 4.69) is 34.8 Å². The fraction of sp³-hybridized carbons (Fsp3) is 0.438. The van der Waals surface area contributed by atoms with Crippen LogP contribution in [0.25, 0.3) is 5.57 Å². The smallest absolute Gasteiger partial charge is 0.338 e. The number of piperidine rings is 1. The van der Waals surface area contributed by atoms with Crippen LogP contribution in [0.4, 0.5) is 21.8 Å². The summed E-state index contributed by atoms with van der Waals surface area (Å²) >= 11 is 0. The summed E-state index contributed by atoms with van der Waals surface area (Å²) in [5.74, 6) is 0.177. The SMILES string of the molecule is CN=C/C(=C\N)c1ccc(Nc2nn(C3CCN(CC4CN(c5ncc(C(=O)O)cn5)C4)CC3)c3c2CN(C(C)=O)CC3)c(F)c1. The van der Waals surface area contributed by atoms with Crippen molar-refractivity contribution in [2.75, 3.05) is 56.5 Å². The molecule has 5 heterocycles. The molecule has 0 spiro atoms. The summed E-state index contributed by atoms with van der Waals surface area (Å²) in [4.78, 5) is 42.1. The lowest BCUT2D eigenvalue weighted by molar-refractivity contribution is -0.129. The Morgan fingerprint density at radius 1 is 1.15 bits per heavy atom. The van der Waals surface area contributed by atoms with E-state index < -0.39 is 11.8 Å². The minimum Gasteiger partial charge on any atom is -0.478 e. The van der Waals surface area contributed by atoms with E-state index in [4.69, 9.17) is 15.9 Å². The van der Waals surface area contributed by atoms with E-state index in [1.165, 1.54) is 24.7 Å². The molecule has 13 nitrogen and oxygen atoms in total. The van der Waals surface area contributed by atoms with Gasteiger partial charge in [0.2, 0.25) is 11.9 Å². The van der Waals surface area contributed by atoms with Gasteiger partial charge in [-0.1, -0.05) is 6.07 Å². The molecule has 3 aromatic rings. The van der Waals surface area contributed by atoms with Crippen molar-refractivity contribution in [1.29, 1.82) is 0 Å². The molecule has 0 aliphatic carbocycles. The fourth-order valence-corrected chi connectivity index (χ4v) is 6.55. The number of fused-ring (bicyclic) bond motifs is 1. The maximum absolute atomic E-state index is 15.3. The number of carboxylic acid groups (broad SMARTS) is 1. The number of nitrogens with two attached hydrogens (primary N) is 1. The Hall–Kier alpha value is -4.85. The van der Waals surface area contributed by atoms with Crippen LogP contribution in [0.3, 0.4) is 0 Å². The van der Waals surface area contributed by atoms with Crippen molar-refractivity contribution in [2.45, 2.75) is 38.8 Å². The summed E-state index contributed by atoms with van der Waals surface area (Å²) in [5, 5.41) is 17.3. The number of anilines is 3. The highest BCUT2D eigenvalue weighted by molar-refractivity contribution is 6.09. The van der Waals surface area contributed by atoms with Crippen molar-refractivity contribution in [3.63, 3.8) is 0 Å². The van der Waals surface area contributed by atoms with Gasteiger partial charge in [-0.25, -0.2) is 19.2 Å². The number of nitrogens with zero attached hydrogens (tertiary/aromatic N) is 8. The molecule has 4 N–H and O–H groups in total. The Labute approximate surface area is 266 Å². The summed E-state index contributed by atoms with van der Waals surface area (Å²) in [6, 6.07) is 5.09. The number of carbonyl (C=O) groups is 2. The Morgan fingerprint density at radius 2 is 1.89 bits per heavy atom. The number of rotatable bonds is 9. The molecule has 242 valence electrons. The molecule has 3 aliphatic rings. The predicted octanol–water partition coefficient (Wildman–Crippen LogP) is 2.93. The summed E-state index contributed by atoms with van der Waals surface area (Å²) in [7, 11) is 1.63. The van der Waals surface area contributed by atoms with Gasteiger partial charge in [0.15, 0.2) is 5.82 Å². The van der Waals surface area contributed by atoms with Gasteiger partial charge >= 0.3 is 5.97 Å². The molecule has 2 saturated heterocycles. The third-order valence-corrected chi connectivity index (χ3v) is 9.08. The number of halogens is 1. The maximum Gasteiger partial charge on any atom is 0.338 e. The monoisotopic (exact) mass is 630 g/mol. The first-order chi connectivity index (χ1) is 22.2. The van der Waals surface area contributed by atoms with E-state index in [-0.39, 0.29) is 17.5 Å². The number of aromatic nitrogens is 4. The largest absolute Gasteiger partial charge is 0.478 e. The zero-order valence-electron chi connectivity index (χ0n) is 26.1. The molecule has 1 aromatic carbocycles. The Kier molecular flexibility index (Phi) is 8.97. The van der Waals surface area contributed by atoms with Crippen LogP contribution < -0.4 is 16.0 Å². The highest BCUT2D eigenvalue weighted by atomic mass is 19.1. The third-order valence-electron chi connectivity index (χ3n) is 9.08. The average molecular weight is 631 g/mol. The van der Waals surface area contributed by atoms with Gasteiger partial charge in [-0.3, -0.25) is 14.5 Å². The minimum absolute atomic E-state index is 0.00489. The van der Waals surface area contributed by atoms with Crippen molar-refractivity contribution in [2.24, 2.45) is 16.6 Å². The first-order valence-electron chi connectivity index (χ1n) is 15.5. The van der Waals surface area contributed by atoms with Crippen LogP contribution in [0.5, 0.6) is 0 Å². The number of amides is 1. The van der Waals surface area contributed by atoms with Crippen LogP contribution in [0.2, 0.25) is 0 Å². The minimum atomic E-state index is -1.03.